The van der Waals surface area contributed by atoms with Gasteiger partial charge in [0.25, 0.3) is 11.7 Å². The Kier molecular flexibility index (Phi) is 6.35. The van der Waals surface area contributed by atoms with Gasteiger partial charge in [0.2, 0.25) is 0 Å². The third-order valence-corrected chi connectivity index (χ3v) is 5.85. The highest BCUT2D eigenvalue weighted by molar-refractivity contribution is 6.46. The highest BCUT2D eigenvalue weighted by atomic mass is 35.5. The average Bonchev–Trinajstić information content (AvgIpc) is 3.41. The van der Waals surface area contributed by atoms with Crippen LogP contribution in [-0.2, 0) is 16.1 Å². The van der Waals surface area contributed by atoms with Crippen LogP contribution in [0.2, 0.25) is 10.0 Å². The predicted octanol–water partition coefficient (Wildman–Crippen LogP) is 5.23. The molecule has 1 N–H and O–H groups in total. The summed E-state index contributed by atoms with van der Waals surface area (Å²) in [5, 5.41) is 11.6. The number of aliphatic hydroxyl groups excluding tert-OH is 1. The summed E-state index contributed by atoms with van der Waals surface area (Å²) >= 11 is 12.3. The fraction of sp³-hybridized carbons (Fsp3) is 0.167. The number of para-hydroxylation sites is 1. The lowest BCUT2D eigenvalue weighted by Gasteiger charge is -2.24. The Labute approximate surface area is 199 Å². The number of nitrogens with zero attached hydrogens (tertiary/aromatic N) is 1. The van der Waals surface area contributed by atoms with Gasteiger partial charge in [0.05, 0.1) is 43.2 Å². The van der Waals surface area contributed by atoms with Crippen LogP contribution in [0.15, 0.2) is 64.8 Å². The number of hydrogen-bond donors (Lipinski definition) is 1. The number of hydrogen-bond acceptors (Lipinski definition) is 6. The Morgan fingerprint density at radius 1 is 1.09 bits per heavy atom. The van der Waals surface area contributed by atoms with E-state index in [-0.39, 0.29) is 33.5 Å². The van der Waals surface area contributed by atoms with Crippen molar-refractivity contribution in [1.82, 2.24) is 4.90 Å². The predicted molar refractivity (Wildman–Crippen MR) is 123 cm³/mol. The van der Waals surface area contributed by atoms with Crippen molar-refractivity contribution in [1.29, 1.82) is 0 Å². The van der Waals surface area contributed by atoms with Crippen molar-refractivity contribution in [3.05, 3.63) is 87.3 Å². The molecule has 1 amide bonds. The topological polar surface area (TPSA) is 89.2 Å². The zero-order chi connectivity index (χ0) is 23.7. The van der Waals surface area contributed by atoms with Gasteiger partial charge in [-0.3, -0.25) is 9.59 Å². The summed E-state index contributed by atoms with van der Waals surface area (Å²) in [5.41, 5.74) is 0.602. The van der Waals surface area contributed by atoms with Gasteiger partial charge in [0.1, 0.15) is 29.1 Å². The molecule has 170 valence electrons. The standard InChI is InChI=1S/C24H19Cl2NO6/c1-31-17-7-4-3-6-13(17)12-27-20(18-8-5-9-33-18)19(22(29)24(27)30)21(28)15-10-14(25)11-16(26)23(15)32-2/h3-11,20,28H,12H2,1-2H3/b21-19-. The van der Waals surface area contributed by atoms with Crippen LogP contribution in [-0.4, -0.2) is 35.9 Å². The summed E-state index contributed by atoms with van der Waals surface area (Å²) in [4.78, 5) is 27.6. The number of halogens is 2. The largest absolute Gasteiger partial charge is 0.507 e. The Morgan fingerprint density at radius 2 is 1.85 bits per heavy atom. The number of ketones is 1. The number of likely N-dealkylation sites (tertiary alicyclic amines) is 1. The second kappa shape index (κ2) is 9.21. The van der Waals surface area contributed by atoms with Gasteiger partial charge in [-0.15, -0.1) is 0 Å². The molecule has 0 radical (unpaired) electrons. The molecule has 0 bridgehead atoms. The zero-order valence-electron chi connectivity index (χ0n) is 17.7. The quantitative estimate of drug-likeness (QED) is 0.291. The van der Waals surface area contributed by atoms with E-state index in [9.17, 15) is 14.7 Å². The van der Waals surface area contributed by atoms with Gasteiger partial charge in [-0.25, -0.2) is 0 Å². The lowest BCUT2D eigenvalue weighted by molar-refractivity contribution is -0.140. The molecule has 9 heteroatoms. The first-order valence-corrected chi connectivity index (χ1v) is 10.6. The number of Topliss-reactive ketones (excluding diaryl/α,β-unsaturated/α-hetero) is 1. The molecule has 3 aromatic rings. The van der Waals surface area contributed by atoms with Crippen LogP contribution in [0.5, 0.6) is 11.5 Å². The van der Waals surface area contributed by atoms with Crippen LogP contribution in [0.1, 0.15) is 22.9 Å². The summed E-state index contributed by atoms with van der Waals surface area (Å²) in [5.74, 6) is -1.16. The number of carbonyl (C=O) groups is 2. The van der Waals surface area contributed by atoms with Gasteiger partial charge >= 0.3 is 0 Å². The van der Waals surface area contributed by atoms with E-state index in [2.05, 4.69) is 0 Å². The van der Waals surface area contributed by atoms with Crippen LogP contribution in [0.4, 0.5) is 0 Å². The van der Waals surface area contributed by atoms with Gasteiger partial charge in [0.15, 0.2) is 0 Å². The molecule has 1 aliphatic heterocycles. The van der Waals surface area contributed by atoms with Crippen molar-refractivity contribution in [3.8, 4) is 11.5 Å². The number of carbonyl (C=O) groups excluding carboxylic acids is 2. The molecule has 0 saturated carbocycles. The Balaban J connectivity index is 1.90. The van der Waals surface area contributed by atoms with Crippen molar-refractivity contribution >= 4 is 40.7 Å². The fourth-order valence-electron chi connectivity index (χ4n) is 3.89. The summed E-state index contributed by atoms with van der Waals surface area (Å²) in [6, 6.07) is 12.3. The molecule has 2 heterocycles. The monoisotopic (exact) mass is 487 g/mol. The maximum atomic E-state index is 13.2. The minimum Gasteiger partial charge on any atom is -0.507 e. The SMILES string of the molecule is COc1ccccc1CN1C(=O)C(=O)/C(=C(\O)c2cc(Cl)cc(Cl)c2OC)C1c1ccco1. The molecule has 1 aliphatic rings. The number of ether oxygens (including phenoxy) is 2. The number of rotatable bonds is 6. The van der Waals surface area contributed by atoms with Crippen LogP contribution in [0, 0.1) is 0 Å². The lowest BCUT2D eigenvalue weighted by atomic mass is 9.98. The average molecular weight is 488 g/mol. The highest BCUT2D eigenvalue weighted by Crippen LogP contribution is 2.44. The lowest BCUT2D eigenvalue weighted by Crippen LogP contribution is -2.29. The number of furan rings is 1. The molecule has 2 aromatic carbocycles. The molecule has 0 aliphatic carbocycles. The van der Waals surface area contributed by atoms with Crippen molar-refractivity contribution in [3.63, 3.8) is 0 Å². The van der Waals surface area contributed by atoms with Gasteiger partial charge in [-0.05, 0) is 30.3 Å². The first-order chi connectivity index (χ1) is 15.9. The van der Waals surface area contributed by atoms with Crippen molar-refractivity contribution in [2.45, 2.75) is 12.6 Å². The van der Waals surface area contributed by atoms with Crippen molar-refractivity contribution < 1.29 is 28.6 Å². The molecule has 33 heavy (non-hydrogen) atoms. The zero-order valence-corrected chi connectivity index (χ0v) is 19.2. The highest BCUT2D eigenvalue weighted by Gasteiger charge is 2.48. The Morgan fingerprint density at radius 3 is 2.52 bits per heavy atom. The second-order valence-electron chi connectivity index (χ2n) is 7.22. The first-order valence-electron chi connectivity index (χ1n) is 9.84. The van der Waals surface area contributed by atoms with E-state index in [0.29, 0.717) is 17.1 Å². The van der Waals surface area contributed by atoms with Crippen LogP contribution < -0.4 is 9.47 Å². The van der Waals surface area contributed by atoms with Crippen LogP contribution in [0.25, 0.3) is 5.76 Å². The van der Waals surface area contributed by atoms with Gasteiger partial charge in [0, 0.05) is 10.6 Å². The van der Waals surface area contributed by atoms with Crippen LogP contribution >= 0.6 is 23.2 Å². The van der Waals surface area contributed by atoms with E-state index >= 15 is 0 Å². The smallest absolute Gasteiger partial charge is 0.296 e. The fourth-order valence-corrected chi connectivity index (χ4v) is 4.46. The van der Waals surface area contributed by atoms with Gasteiger partial charge < -0.3 is 23.9 Å². The molecular weight excluding hydrogens is 469 g/mol. The maximum absolute atomic E-state index is 13.2. The molecule has 1 saturated heterocycles. The van der Waals surface area contributed by atoms with E-state index in [1.807, 2.05) is 0 Å². The Hall–Kier alpha value is -3.42. The van der Waals surface area contributed by atoms with Crippen LogP contribution in [0.3, 0.4) is 0 Å². The third kappa shape index (κ3) is 4.05. The molecule has 1 aromatic heterocycles. The first kappa shape index (κ1) is 22.8. The molecule has 4 rings (SSSR count). The van der Waals surface area contributed by atoms with E-state index in [1.54, 1.807) is 36.4 Å². The number of benzene rings is 2. The minimum absolute atomic E-state index is 0.0458. The summed E-state index contributed by atoms with van der Waals surface area (Å²) in [6.45, 7) is 0.0458. The number of aliphatic hydroxyl groups is 1. The van der Waals surface area contributed by atoms with E-state index in [4.69, 9.17) is 37.1 Å². The van der Waals surface area contributed by atoms with Gasteiger partial charge in [-0.2, -0.15) is 0 Å². The van der Waals surface area contributed by atoms with E-state index in [0.717, 1.165) is 0 Å². The molecule has 1 atom stereocenters. The molecule has 0 spiro atoms. The molecule has 7 nitrogen and oxygen atoms in total. The van der Waals surface area contributed by atoms with Crippen molar-refractivity contribution in [2.24, 2.45) is 0 Å². The summed E-state index contributed by atoms with van der Waals surface area (Å²) in [6.07, 6.45) is 1.43. The van der Waals surface area contributed by atoms with E-state index in [1.165, 1.54) is 37.5 Å². The number of methoxy groups -OCH3 is 2. The van der Waals surface area contributed by atoms with Crippen molar-refractivity contribution in [2.75, 3.05) is 14.2 Å². The normalized spacial score (nSPS) is 17.5. The third-order valence-electron chi connectivity index (χ3n) is 5.35. The van der Waals surface area contributed by atoms with Gasteiger partial charge in [-0.1, -0.05) is 41.4 Å². The molecular formula is C24H19Cl2NO6. The van der Waals surface area contributed by atoms with E-state index < -0.39 is 23.5 Å². The minimum atomic E-state index is -0.993. The maximum Gasteiger partial charge on any atom is 0.296 e. The molecule has 1 fully saturated rings. The molecule has 1 unspecified atom stereocenters. The number of amides is 1. The second-order valence-corrected chi connectivity index (χ2v) is 8.07. The summed E-state index contributed by atoms with van der Waals surface area (Å²) in [7, 11) is 2.89. The Bertz CT molecular complexity index is 1250. The summed E-state index contributed by atoms with van der Waals surface area (Å²) < 4.78 is 16.3.